The molecule has 102 valence electrons. The standard InChI is InChI=1S/C15H24O3/c1-5-11(2)8-13(16)9-12-6-7-14(17-3)15(10-12)18-4/h6-7,10-11,13,16H,5,8-9H2,1-4H3. The van der Waals surface area contributed by atoms with Crippen LogP contribution in [0.25, 0.3) is 0 Å². The van der Waals surface area contributed by atoms with Gasteiger partial charge in [-0.05, 0) is 36.5 Å². The average molecular weight is 252 g/mol. The summed E-state index contributed by atoms with van der Waals surface area (Å²) in [5.74, 6) is 1.99. The average Bonchev–Trinajstić information content (AvgIpc) is 2.38. The zero-order chi connectivity index (χ0) is 13.5. The van der Waals surface area contributed by atoms with Gasteiger partial charge < -0.3 is 14.6 Å². The van der Waals surface area contributed by atoms with Gasteiger partial charge in [0.05, 0.1) is 20.3 Å². The van der Waals surface area contributed by atoms with Crippen LogP contribution in [0.3, 0.4) is 0 Å². The molecule has 2 atom stereocenters. The van der Waals surface area contributed by atoms with Gasteiger partial charge in [-0.2, -0.15) is 0 Å². The molecule has 1 rings (SSSR count). The van der Waals surface area contributed by atoms with Gasteiger partial charge >= 0.3 is 0 Å². The van der Waals surface area contributed by atoms with E-state index in [9.17, 15) is 5.11 Å². The normalized spacial score (nSPS) is 14.1. The van der Waals surface area contributed by atoms with Gasteiger partial charge in [-0.25, -0.2) is 0 Å². The number of aliphatic hydroxyl groups excluding tert-OH is 1. The first-order valence-corrected chi connectivity index (χ1v) is 6.49. The van der Waals surface area contributed by atoms with Crippen LogP contribution in [0.15, 0.2) is 18.2 Å². The molecule has 0 aliphatic rings. The van der Waals surface area contributed by atoms with Crippen LogP contribution in [0.5, 0.6) is 11.5 Å². The Kier molecular flexibility index (Phi) is 5.99. The Hall–Kier alpha value is -1.22. The molecule has 1 N–H and O–H groups in total. The quantitative estimate of drug-likeness (QED) is 0.810. The van der Waals surface area contributed by atoms with Crippen LogP contribution in [-0.4, -0.2) is 25.4 Å². The summed E-state index contributed by atoms with van der Waals surface area (Å²) < 4.78 is 10.4. The zero-order valence-electron chi connectivity index (χ0n) is 11.8. The molecule has 0 spiro atoms. The number of benzene rings is 1. The lowest BCUT2D eigenvalue weighted by Gasteiger charge is -2.16. The predicted octanol–water partition coefficient (Wildman–Crippen LogP) is 3.04. The van der Waals surface area contributed by atoms with E-state index in [0.29, 0.717) is 18.1 Å². The number of hydrogen-bond acceptors (Lipinski definition) is 3. The molecule has 0 heterocycles. The first kappa shape index (κ1) is 14.8. The van der Waals surface area contributed by atoms with Gasteiger partial charge in [-0.1, -0.05) is 26.3 Å². The van der Waals surface area contributed by atoms with Gasteiger partial charge in [0, 0.05) is 0 Å². The maximum atomic E-state index is 10.0. The van der Waals surface area contributed by atoms with E-state index in [-0.39, 0.29) is 6.10 Å². The molecule has 0 aliphatic carbocycles. The van der Waals surface area contributed by atoms with Crippen molar-refractivity contribution in [1.82, 2.24) is 0 Å². The topological polar surface area (TPSA) is 38.7 Å². The Morgan fingerprint density at radius 3 is 2.39 bits per heavy atom. The monoisotopic (exact) mass is 252 g/mol. The Morgan fingerprint density at radius 2 is 1.83 bits per heavy atom. The molecule has 0 saturated carbocycles. The highest BCUT2D eigenvalue weighted by Gasteiger charge is 2.11. The lowest BCUT2D eigenvalue weighted by atomic mass is 9.96. The van der Waals surface area contributed by atoms with Crippen molar-refractivity contribution < 1.29 is 14.6 Å². The Balaban J connectivity index is 2.67. The first-order valence-electron chi connectivity index (χ1n) is 6.49. The number of ether oxygens (including phenoxy) is 2. The summed E-state index contributed by atoms with van der Waals surface area (Å²) >= 11 is 0. The van der Waals surface area contributed by atoms with E-state index >= 15 is 0 Å². The van der Waals surface area contributed by atoms with Crippen LogP contribution in [0, 0.1) is 5.92 Å². The number of methoxy groups -OCH3 is 2. The third-order valence-electron chi connectivity index (χ3n) is 3.29. The van der Waals surface area contributed by atoms with Gasteiger partial charge in [0.25, 0.3) is 0 Å². The van der Waals surface area contributed by atoms with Gasteiger partial charge in [0.1, 0.15) is 0 Å². The fraction of sp³-hybridized carbons (Fsp3) is 0.600. The summed E-state index contributed by atoms with van der Waals surface area (Å²) in [6.07, 6.45) is 2.30. The van der Waals surface area contributed by atoms with Crippen molar-refractivity contribution in [2.45, 2.75) is 39.2 Å². The second kappa shape index (κ2) is 7.27. The molecule has 0 aliphatic heterocycles. The van der Waals surface area contributed by atoms with Crippen molar-refractivity contribution in [3.05, 3.63) is 23.8 Å². The number of rotatable bonds is 7. The van der Waals surface area contributed by atoms with E-state index in [0.717, 1.165) is 24.2 Å². The van der Waals surface area contributed by atoms with Crippen LogP contribution in [-0.2, 0) is 6.42 Å². The molecule has 3 heteroatoms. The Bertz CT molecular complexity index is 363. The molecule has 18 heavy (non-hydrogen) atoms. The molecule has 0 radical (unpaired) electrons. The molecule has 0 bridgehead atoms. The van der Waals surface area contributed by atoms with E-state index in [1.165, 1.54) is 0 Å². The molecule has 3 nitrogen and oxygen atoms in total. The molecule has 0 amide bonds. The fourth-order valence-electron chi connectivity index (χ4n) is 1.99. The SMILES string of the molecule is CCC(C)CC(O)Cc1ccc(OC)c(OC)c1. The first-order chi connectivity index (χ1) is 8.60. The second-order valence-corrected chi connectivity index (χ2v) is 4.80. The molecular formula is C15H24O3. The van der Waals surface area contributed by atoms with Crippen molar-refractivity contribution in [2.24, 2.45) is 5.92 Å². The van der Waals surface area contributed by atoms with Crippen LogP contribution >= 0.6 is 0 Å². The van der Waals surface area contributed by atoms with E-state index in [4.69, 9.17) is 9.47 Å². The van der Waals surface area contributed by atoms with Gasteiger partial charge in [-0.3, -0.25) is 0 Å². The molecule has 1 aromatic carbocycles. The summed E-state index contributed by atoms with van der Waals surface area (Å²) in [5.41, 5.74) is 1.07. The maximum absolute atomic E-state index is 10.0. The van der Waals surface area contributed by atoms with Gasteiger partial charge in [-0.15, -0.1) is 0 Å². The Labute approximate surface area is 110 Å². The molecule has 0 fully saturated rings. The smallest absolute Gasteiger partial charge is 0.160 e. The van der Waals surface area contributed by atoms with Crippen molar-refractivity contribution in [2.75, 3.05) is 14.2 Å². The van der Waals surface area contributed by atoms with E-state index in [2.05, 4.69) is 13.8 Å². The van der Waals surface area contributed by atoms with E-state index < -0.39 is 0 Å². The second-order valence-electron chi connectivity index (χ2n) is 4.80. The zero-order valence-corrected chi connectivity index (χ0v) is 11.8. The molecule has 0 aromatic heterocycles. The minimum atomic E-state index is -0.293. The van der Waals surface area contributed by atoms with Crippen molar-refractivity contribution in [1.29, 1.82) is 0 Å². The molecule has 1 aromatic rings. The minimum Gasteiger partial charge on any atom is -0.493 e. The molecule has 0 saturated heterocycles. The largest absolute Gasteiger partial charge is 0.493 e. The van der Waals surface area contributed by atoms with Crippen molar-refractivity contribution >= 4 is 0 Å². The molecule has 2 unspecified atom stereocenters. The fourth-order valence-corrected chi connectivity index (χ4v) is 1.99. The number of aliphatic hydroxyl groups is 1. The van der Waals surface area contributed by atoms with Crippen LogP contribution in [0.1, 0.15) is 32.3 Å². The highest BCUT2D eigenvalue weighted by atomic mass is 16.5. The number of hydrogen-bond donors (Lipinski definition) is 1. The van der Waals surface area contributed by atoms with Crippen molar-refractivity contribution in [3.63, 3.8) is 0 Å². The third-order valence-corrected chi connectivity index (χ3v) is 3.29. The minimum absolute atomic E-state index is 0.293. The molecular weight excluding hydrogens is 228 g/mol. The summed E-state index contributed by atoms with van der Waals surface area (Å²) in [6, 6.07) is 5.78. The highest BCUT2D eigenvalue weighted by molar-refractivity contribution is 5.43. The summed E-state index contributed by atoms with van der Waals surface area (Å²) in [4.78, 5) is 0. The summed E-state index contributed by atoms with van der Waals surface area (Å²) in [5, 5.41) is 10.0. The lowest BCUT2D eigenvalue weighted by molar-refractivity contribution is 0.144. The predicted molar refractivity (Wildman–Crippen MR) is 73.3 cm³/mol. The highest BCUT2D eigenvalue weighted by Crippen LogP contribution is 2.28. The van der Waals surface area contributed by atoms with E-state index in [1.807, 2.05) is 18.2 Å². The van der Waals surface area contributed by atoms with E-state index in [1.54, 1.807) is 14.2 Å². The van der Waals surface area contributed by atoms with Crippen LogP contribution in [0.4, 0.5) is 0 Å². The van der Waals surface area contributed by atoms with Crippen LogP contribution < -0.4 is 9.47 Å². The maximum Gasteiger partial charge on any atom is 0.160 e. The third kappa shape index (κ3) is 4.22. The lowest BCUT2D eigenvalue weighted by Crippen LogP contribution is -2.14. The summed E-state index contributed by atoms with van der Waals surface area (Å²) in [7, 11) is 3.24. The van der Waals surface area contributed by atoms with Crippen LogP contribution in [0.2, 0.25) is 0 Å². The van der Waals surface area contributed by atoms with Gasteiger partial charge in [0.15, 0.2) is 11.5 Å². The Morgan fingerprint density at radius 1 is 1.17 bits per heavy atom. The summed E-state index contributed by atoms with van der Waals surface area (Å²) in [6.45, 7) is 4.31. The van der Waals surface area contributed by atoms with Gasteiger partial charge in [0.2, 0.25) is 0 Å². The van der Waals surface area contributed by atoms with Crippen molar-refractivity contribution in [3.8, 4) is 11.5 Å².